The van der Waals surface area contributed by atoms with E-state index in [1.807, 2.05) is 6.92 Å². The van der Waals surface area contributed by atoms with Gasteiger partial charge >= 0.3 is 0 Å². The topological polar surface area (TPSA) is 94.5 Å². The van der Waals surface area contributed by atoms with Gasteiger partial charge in [0.25, 0.3) is 11.7 Å². The van der Waals surface area contributed by atoms with E-state index in [1.54, 1.807) is 43.3 Å². The molecule has 0 saturated carbocycles. The summed E-state index contributed by atoms with van der Waals surface area (Å²) in [5, 5.41) is 11.3. The zero-order valence-electron chi connectivity index (χ0n) is 21.8. The number of amides is 1. The minimum absolute atomic E-state index is 0.166. The van der Waals surface area contributed by atoms with E-state index in [4.69, 9.17) is 30.5 Å². The zero-order valence-corrected chi connectivity index (χ0v) is 22.5. The minimum atomic E-state index is -1.12. The van der Waals surface area contributed by atoms with Crippen LogP contribution in [0, 0.1) is 5.82 Å². The summed E-state index contributed by atoms with van der Waals surface area (Å²) in [4.78, 5) is 28.1. The van der Waals surface area contributed by atoms with Gasteiger partial charge in [-0.1, -0.05) is 17.7 Å². The number of benzene rings is 3. The summed E-state index contributed by atoms with van der Waals surface area (Å²) in [5.41, 5.74) is 0.593. The van der Waals surface area contributed by atoms with Gasteiger partial charge in [0, 0.05) is 11.8 Å². The molecule has 0 aliphatic carbocycles. The lowest BCUT2D eigenvalue weighted by atomic mass is 9.94. The Hall–Kier alpha value is -4.24. The van der Waals surface area contributed by atoms with Crippen LogP contribution in [0.2, 0.25) is 5.02 Å². The molecule has 39 heavy (non-hydrogen) atoms. The molecule has 1 N–H and O–H groups in total. The lowest BCUT2D eigenvalue weighted by Gasteiger charge is -2.26. The van der Waals surface area contributed by atoms with E-state index in [1.165, 1.54) is 26.4 Å². The highest BCUT2D eigenvalue weighted by Gasteiger charge is 2.47. The fourth-order valence-corrected chi connectivity index (χ4v) is 4.62. The second kappa shape index (κ2) is 11.7. The number of halogens is 2. The van der Waals surface area contributed by atoms with Crippen LogP contribution >= 0.6 is 11.6 Å². The van der Waals surface area contributed by atoms with Crippen molar-refractivity contribution in [1.29, 1.82) is 0 Å². The highest BCUT2D eigenvalue weighted by Crippen LogP contribution is 2.45. The molecule has 0 radical (unpaired) electrons. The normalized spacial score (nSPS) is 16.4. The van der Waals surface area contributed by atoms with E-state index in [-0.39, 0.29) is 34.2 Å². The SMILES string of the molecule is CCOc1ccc(/C(O)=C2\C(=O)C(=O)N(c3ccc(F)c(Cl)c3)C2c2ccc(OC)c(OC)c2)c(OCC)c1. The summed E-state index contributed by atoms with van der Waals surface area (Å²) in [6.45, 7) is 4.30. The van der Waals surface area contributed by atoms with Gasteiger partial charge in [-0.2, -0.15) is 0 Å². The fourth-order valence-electron chi connectivity index (χ4n) is 4.45. The van der Waals surface area contributed by atoms with Gasteiger partial charge in [0.1, 0.15) is 23.1 Å². The molecule has 1 heterocycles. The molecule has 1 aliphatic rings. The summed E-state index contributed by atoms with van der Waals surface area (Å²) < 4.78 is 36.0. The lowest BCUT2D eigenvalue weighted by Crippen LogP contribution is -2.29. The third-order valence-electron chi connectivity index (χ3n) is 6.17. The maximum absolute atomic E-state index is 14.0. The number of hydrogen-bond acceptors (Lipinski definition) is 7. The quantitative estimate of drug-likeness (QED) is 0.199. The highest BCUT2D eigenvalue weighted by molar-refractivity contribution is 6.52. The number of ether oxygens (including phenoxy) is 4. The standard InChI is InChI=1S/C29H27ClFNO7/c1-5-38-18-9-10-19(23(15-18)39-6-2)27(33)25-26(16-7-12-22(36-3)24(13-16)37-4)32(29(35)28(25)34)17-8-11-21(31)20(30)14-17/h7-15,26,33H,5-6H2,1-4H3/b27-25+. The summed E-state index contributed by atoms with van der Waals surface area (Å²) >= 11 is 6.02. The number of carbonyl (C=O) groups excluding carboxylic acids is 2. The summed E-state index contributed by atoms with van der Waals surface area (Å²) in [7, 11) is 2.93. The van der Waals surface area contributed by atoms with E-state index in [0.29, 0.717) is 29.4 Å². The van der Waals surface area contributed by atoms with E-state index < -0.39 is 29.3 Å². The Kier molecular flexibility index (Phi) is 8.30. The van der Waals surface area contributed by atoms with Crippen LogP contribution in [0.5, 0.6) is 23.0 Å². The van der Waals surface area contributed by atoms with E-state index >= 15 is 0 Å². The van der Waals surface area contributed by atoms with Crippen molar-refractivity contribution in [2.75, 3.05) is 32.3 Å². The first-order chi connectivity index (χ1) is 18.7. The number of aliphatic hydroxyl groups excluding tert-OH is 1. The lowest BCUT2D eigenvalue weighted by molar-refractivity contribution is -0.132. The summed E-state index contributed by atoms with van der Waals surface area (Å²) in [6, 6.07) is 12.2. The minimum Gasteiger partial charge on any atom is -0.507 e. The Morgan fingerprint density at radius 2 is 1.64 bits per heavy atom. The molecule has 0 aromatic heterocycles. The number of methoxy groups -OCH3 is 2. The predicted octanol–water partition coefficient (Wildman–Crippen LogP) is 5.92. The maximum atomic E-state index is 14.0. The molecule has 8 nitrogen and oxygen atoms in total. The number of anilines is 1. The van der Waals surface area contributed by atoms with E-state index in [2.05, 4.69) is 0 Å². The Morgan fingerprint density at radius 3 is 2.28 bits per heavy atom. The number of rotatable bonds is 9. The van der Waals surface area contributed by atoms with Gasteiger partial charge in [0.2, 0.25) is 0 Å². The van der Waals surface area contributed by atoms with Crippen LogP contribution in [0.1, 0.15) is 31.0 Å². The Balaban J connectivity index is 1.98. The molecule has 1 atom stereocenters. The first-order valence-electron chi connectivity index (χ1n) is 12.1. The molecule has 1 fully saturated rings. The Bertz CT molecular complexity index is 1460. The van der Waals surface area contributed by atoms with Gasteiger partial charge < -0.3 is 24.1 Å². The number of Topliss-reactive ketones (excluding diaryl/α,β-unsaturated/α-hetero) is 1. The Morgan fingerprint density at radius 1 is 0.923 bits per heavy atom. The number of aliphatic hydroxyl groups is 1. The average Bonchev–Trinajstić information content (AvgIpc) is 3.20. The smallest absolute Gasteiger partial charge is 0.300 e. The maximum Gasteiger partial charge on any atom is 0.300 e. The molecule has 4 rings (SSSR count). The second-order valence-electron chi connectivity index (χ2n) is 8.41. The molecule has 0 bridgehead atoms. The first-order valence-corrected chi connectivity index (χ1v) is 12.5. The van der Waals surface area contributed by atoms with Crippen molar-refractivity contribution < 1.29 is 38.0 Å². The van der Waals surface area contributed by atoms with Crippen molar-refractivity contribution in [1.82, 2.24) is 0 Å². The molecule has 10 heteroatoms. The number of nitrogens with zero attached hydrogens (tertiary/aromatic N) is 1. The van der Waals surface area contributed by atoms with Crippen molar-refractivity contribution in [2.24, 2.45) is 0 Å². The van der Waals surface area contributed by atoms with Crippen LogP contribution in [0.25, 0.3) is 5.76 Å². The van der Waals surface area contributed by atoms with Crippen LogP contribution in [-0.4, -0.2) is 44.2 Å². The van der Waals surface area contributed by atoms with Crippen molar-refractivity contribution in [3.63, 3.8) is 0 Å². The van der Waals surface area contributed by atoms with Gasteiger partial charge in [-0.25, -0.2) is 4.39 Å². The van der Waals surface area contributed by atoms with Gasteiger partial charge in [-0.3, -0.25) is 14.5 Å². The van der Waals surface area contributed by atoms with Crippen LogP contribution < -0.4 is 23.8 Å². The second-order valence-corrected chi connectivity index (χ2v) is 8.81. The van der Waals surface area contributed by atoms with Gasteiger partial charge in [0.05, 0.1) is 49.6 Å². The first kappa shape index (κ1) is 27.8. The van der Waals surface area contributed by atoms with E-state index in [0.717, 1.165) is 11.0 Å². The van der Waals surface area contributed by atoms with Crippen LogP contribution in [0.3, 0.4) is 0 Å². The zero-order chi connectivity index (χ0) is 28.3. The largest absolute Gasteiger partial charge is 0.507 e. The van der Waals surface area contributed by atoms with Crippen LogP contribution in [0.15, 0.2) is 60.2 Å². The van der Waals surface area contributed by atoms with Gasteiger partial charge in [0.15, 0.2) is 11.5 Å². The monoisotopic (exact) mass is 555 g/mol. The van der Waals surface area contributed by atoms with Crippen molar-refractivity contribution >= 4 is 34.7 Å². The molecular weight excluding hydrogens is 529 g/mol. The highest BCUT2D eigenvalue weighted by atomic mass is 35.5. The third-order valence-corrected chi connectivity index (χ3v) is 6.46. The van der Waals surface area contributed by atoms with E-state index in [9.17, 15) is 19.1 Å². The third kappa shape index (κ3) is 5.22. The van der Waals surface area contributed by atoms with Crippen molar-refractivity contribution in [3.05, 3.63) is 82.1 Å². The van der Waals surface area contributed by atoms with Gasteiger partial charge in [-0.05, 0) is 61.9 Å². The molecule has 1 unspecified atom stereocenters. The fraction of sp³-hybridized carbons (Fsp3) is 0.241. The summed E-state index contributed by atoms with van der Waals surface area (Å²) in [6.07, 6.45) is 0. The molecule has 1 amide bonds. The van der Waals surface area contributed by atoms with Gasteiger partial charge in [-0.15, -0.1) is 0 Å². The molecular formula is C29H27ClFNO7. The summed E-state index contributed by atoms with van der Waals surface area (Å²) in [5.74, 6) is -1.46. The molecule has 3 aromatic rings. The molecule has 204 valence electrons. The van der Waals surface area contributed by atoms with Crippen LogP contribution in [0.4, 0.5) is 10.1 Å². The van der Waals surface area contributed by atoms with Crippen molar-refractivity contribution in [3.8, 4) is 23.0 Å². The number of hydrogen-bond donors (Lipinski definition) is 1. The number of ketones is 1. The molecule has 1 aliphatic heterocycles. The predicted molar refractivity (Wildman–Crippen MR) is 145 cm³/mol. The van der Waals surface area contributed by atoms with Crippen molar-refractivity contribution in [2.45, 2.75) is 19.9 Å². The molecule has 0 spiro atoms. The number of carbonyl (C=O) groups is 2. The van der Waals surface area contributed by atoms with Crippen LogP contribution in [-0.2, 0) is 9.59 Å². The Labute approximate surface area is 230 Å². The average molecular weight is 556 g/mol. The molecule has 3 aromatic carbocycles. The molecule has 1 saturated heterocycles.